The van der Waals surface area contributed by atoms with Crippen molar-refractivity contribution in [2.24, 2.45) is 0 Å². The SMILES string of the molecule is Cc1csc(=O)n1CC(=O)NCc1ccc(Cl)s1. The molecule has 0 fully saturated rings. The van der Waals surface area contributed by atoms with E-state index in [1.54, 1.807) is 11.4 Å². The number of halogens is 1. The number of hydrogen-bond acceptors (Lipinski definition) is 4. The summed E-state index contributed by atoms with van der Waals surface area (Å²) in [4.78, 5) is 24.0. The second kappa shape index (κ2) is 5.69. The van der Waals surface area contributed by atoms with Gasteiger partial charge in [-0.15, -0.1) is 11.3 Å². The van der Waals surface area contributed by atoms with E-state index in [1.165, 1.54) is 15.9 Å². The lowest BCUT2D eigenvalue weighted by molar-refractivity contribution is -0.121. The predicted molar refractivity (Wildman–Crippen MR) is 74.5 cm³/mol. The largest absolute Gasteiger partial charge is 0.350 e. The summed E-state index contributed by atoms with van der Waals surface area (Å²) in [6.07, 6.45) is 0. The van der Waals surface area contributed by atoms with E-state index in [0.29, 0.717) is 10.9 Å². The molecular formula is C11H11ClN2O2S2. The number of thiophene rings is 1. The summed E-state index contributed by atoms with van der Waals surface area (Å²) in [5.41, 5.74) is 0.805. The molecule has 1 N–H and O–H groups in total. The Bertz CT molecular complexity index is 615. The van der Waals surface area contributed by atoms with Crippen LogP contribution in [-0.4, -0.2) is 10.5 Å². The van der Waals surface area contributed by atoms with E-state index < -0.39 is 0 Å². The molecule has 2 aromatic heterocycles. The summed E-state index contributed by atoms with van der Waals surface area (Å²) >= 11 is 8.33. The van der Waals surface area contributed by atoms with Gasteiger partial charge in [0.2, 0.25) is 5.91 Å². The van der Waals surface area contributed by atoms with E-state index in [4.69, 9.17) is 11.6 Å². The third kappa shape index (κ3) is 3.22. The third-order valence-electron chi connectivity index (χ3n) is 2.37. The first kappa shape index (κ1) is 13.3. The molecule has 0 spiro atoms. The second-order valence-corrected chi connectivity index (χ2v) is 6.33. The molecular weight excluding hydrogens is 292 g/mol. The van der Waals surface area contributed by atoms with E-state index in [-0.39, 0.29) is 17.3 Å². The van der Waals surface area contributed by atoms with Crippen molar-refractivity contribution in [3.8, 4) is 0 Å². The van der Waals surface area contributed by atoms with Crippen LogP contribution in [-0.2, 0) is 17.9 Å². The van der Waals surface area contributed by atoms with Gasteiger partial charge in [0.1, 0.15) is 6.54 Å². The first-order valence-corrected chi connectivity index (χ1v) is 7.29. The molecule has 0 aliphatic rings. The third-order valence-corrected chi connectivity index (χ3v) is 4.48. The Morgan fingerprint density at radius 3 is 2.83 bits per heavy atom. The highest BCUT2D eigenvalue weighted by Gasteiger charge is 2.08. The molecule has 0 aliphatic carbocycles. The van der Waals surface area contributed by atoms with Gasteiger partial charge >= 0.3 is 4.87 Å². The van der Waals surface area contributed by atoms with Gasteiger partial charge in [-0.2, -0.15) is 0 Å². The molecule has 0 radical (unpaired) electrons. The highest BCUT2D eigenvalue weighted by molar-refractivity contribution is 7.16. The maximum absolute atomic E-state index is 11.7. The van der Waals surface area contributed by atoms with Gasteiger partial charge in [0.15, 0.2) is 0 Å². The Morgan fingerprint density at radius 2 is 2.28 bits per heavy atom. The van der Waals surface area contributed by atoms with E-state index in [1.807, 2.05) is 13.0 Å². The lowest BCUT2D eigenvalue weighted by Crippen LogP contribution is -2.30. The zero-order chi connectivity index (χ0) is 13.1. The molecule has 7 heteroatoms. The van der Waals surface area contributed by atoms with Crippen molar-refractivity contribution in [2.45, 2.75) is 20.0 Å². The van der Waals surface area contributed by atoms with Crippen molar-refractivity contribution >= 4 is 40.2 Å². The molecule has 0 unspecified atom stereocenters. The molecule has 18 heavy (non-hydrogen) atoms. The molecule has 4 nitrogen and oxygen atoms in total. The standard InChI is InChI=1S/C11H11ClN2O2S2/c1-7-6-17-11(16)14(7)5-10(15)13-4-8-2-3-9(12)18-8/h2-3,6H,4-5H2,1H3,(H,13,15). The van der Waals surface area contributed by atoms with Gasteiger partial charge in [0.25, 0.3) is 0 Å². The number of carbonyl (C=O) groups excluding carboxylic acids is 1. The summed E-state index contributed by atoms with van der Waals surface area (Å²) < 4.78 is 2.16. The first-order valence-electron chi connectivity index (χ1n) is 5.22. The van der Waals surface area contributed by atoms with Crippen molar-refractivity contribution in [1.82, 2.24) is 9.88 Å². The minimum atomic E-state index is -0.178. The number of rotatable bonds is 4. The summed E-state index contributed by atoms with van der Waals surface area (Å²) in [6.45, 7) is 2.31. The Kier molecular flexibility index (Phi) is 4.21. The van der Waals surface area contributed by atoms with Crippen LogP contribution in [0.5, 0.6) is 0 Å². The molecule has 0 aliphatic heterocycles. The normalized spacial score (nSPS) is 10.6. The van der Waals surface area contributed by atoms with Crippen molar-refractivity contribution in [2.75, 3.05) is 0 Å². The number of nitrogens with zero attached hydrogens (tertiary/aromatic N) is 1. The van der Waals surface area contributed by atoms with Crippen LogP contribution in [0, 0.1) is 6.92 Å². The maximum atomic E-state index is 11.7. The highest BCUT2D eigenvalue weighted by atomic mass is 35.5. The predicted octanol–water partition coefficient (Wildman–Crippen LogP) is 2.25. The lowest BCUT2D eigenvalue weighted by Gasteiger charge is -2.05. The number of aromatic nitrogens is 1. The molecule has 0 atom stereocenters. The Hall–Kier alpha value is -1.11. The topological polar surface area (TPSA) is 51.1 Å². The van der Waals surface area contributed by atoms with Crippen molar-refractivity contribution < 1.29 is 4.79 Å². The Balaban J connectivity index is 1.92. The summed E-state index contributed by atoms with van der Waals surface area (Å²) in [6, 6.07) is 3.66. The van der Waals surface area contributed by atoms with Crippen LogP contribution in [0.25, 0.3) is 0 Å². The summed E-state index contributed by atoms with van der Waals surface area (Å²) in [5.74, 6) is -0.178. The fraction of sp³-hybridized carbons (Fsp3) is 0.273. The van der Waals surface area contributed by atoms with E-state index in [9.17, 15) is 9.59 Å². The average Bonchev–Trinajstić information content (AvgIpc) is 2.87. The van der Waals surface area contributed by atoms with Gasteiger partial charge in [0.05, 0.1) is 10.9 Å². The highest BCUT2D eigenvalue weighted by Crippen LogP contribution is 2.20. The molecule has 0 saturated carbocycles. The van der Waals surface area contributed by atoms with Gasteiger partial charge in [-0.1, -0.05) is 22.9 Å². The Labute approximate surface area is 117 Å². The minimum absolute atomic E-state index is 0.0628. The van der Waals surface area contributed by atoms with Gasteiger partial charge in [0, 0.05) is 16.0 Å². The minimum Gasteiger partial charge on any atom is -0.350 e. The quantitative estimate of drug-likeness (QED) is 0.942. The van der Waals surface area contributed by atoms with Crippen LogP contribution >= 0.6 is 34.3 Å². The number of aryl methyl sites for hydroxylation is 1. The monoisotopic (exact) mass is 302 g/mol. The second-order valence-electron chi connectivity index (χ2n) is 3.71. The van der Waals surface area contributed by atoms with Crippen LogP contribution in [0.3, 0.4) is 0 Å². The molecule has 2 heterocycles. The Morgan fingerprint density at radius 1 is 1.50 bits per heavy atom. The van der Waals surface area contributed by atoms with E-state index in [0.717, 1.165) is 21.9 Å². The number of hydrogen-bond donors (Lipinski definition) is 1. The van der Waals surface area contributed by atoms with Gasteiger partial charge in [-0.25, -0.2) is 0 Å². The van der Waals surface area contributed by atoms with E-state index >= 15 is 0 Å². The van der Waals surface area contributed by atoms with Crippen molar-refractivity contribution in [3.63, 3.8) is 0 Å². The number of amides is 1. The molecule has 0 saturated heterocycles. The molecule has 0 aromatic carbocycles. The fourth-order valence-corrected chi connectivity index (χ4v) is 3.19. The summed E-state index contributed by atoms with van der Waals surface area (Å²) in [5, 5.41) is 4.51. The summed E-state index contributed by atoms with van der Waals surface area (Å²) in [7, 11) is 0. The lowest BCUT2D eigenvalue weighted by atomic mass is 10.4. The number of carbonyl (C=O) groups is 1. The van der Waals surface area contributed by atoms with Gasteiger partial charge in [-0.05, 0) is 19.1 Å². The van der Waals surface area contributed by atoms with Crippen LogP contribution in [0.4, 0.5) is 0 Å². The van der Waals surface area contributed by atoms with Crippen LogP contribution < -0.4 is 10.2 Å². The molecule has 2 rings (SSSR count). The molecule has 2 aromatic rings. The molecule has 0 bridgehead atoms. The van der Waals surface area contributed by atoms with Crippen molar-refractivity contribution in [3.05, 3.63) is 42.1 Å². The fourth-order valence-electron chi connectivity index (χ4n) is 1.43. The van der Waals surface area contributed by atoms with E-state index in [2.05, 4.69) is 5.32 Å². The van der Waals surface area contributed by atoms with Gasteiger partial charge < -0.3 is 5.32 Å². The zero-order valence-corrected chi connectivity index (χ0v) is 12.0. The number of thiazole rings is 1. The average molecular weight is 303 g/mol. The van der Waals surface area contributed by atoms with Crippen molar-refractivity contribution in [1.29, 1.82) is 0 Å². The maximum Gasteiger partial charge on any atom is 0.307 e. The zero-order valence-electron chi connectivity index (χ0n) is 9.60. The molecule has 96 valence electrons. The van der Waals surface area contributed by atoms with Crippen LogP contribution in [0.2, 0.25) is 4.34 Å². The smallest absolute Gasteiger partial charge is 0.307 e. The number of nitrogens with one attached hydrogen (secondary N) is 1. The van der Waals surface area contributed by atoms with Crippen LogP contribution in [0.1, 0.15) is 10.6 Å². The van der Waals surface area contributed by atoms with Crippen LogP contribution in [0.15, 0.2) is 22.3 Å². The molecule has 1 amide bonds. The first-order chi connectivity index (χ1) is 8.56. The van der Waals surface area contributed by atoms with Gasteiger partial charge in [-0.3, -0.25) is 14.2 Å².